The number of aliphatic imine (C=N–C) groups is 1. The number of guanidine groups is 1. The second-order valence-corrected chi connectivity index (χ2v) is 6.91. The molecule has 1 heterocycles. The average Bonchev–Trinajstić information content (AvgIpc) is 3.20. The van der Waals surface area contributed by atoms with Crippen LogP contribution in [-0.2, 0) is 17.6 Å². The third-order valence-corrected chi connectivity index (χ3v) is 4.28. The molecule has 1 aromatic carbocycles. The number of rotatable bonds is 10. The number of nitrogens with one attached hydrogen (secondary N) is 2. The summed E-state index contributed by atoms with van der Waals surface area (Å²) >= 11 is 0. The highest BCUT2D eigenvalue weighted by Gasteiger charge is 2.15. The molecule has 0 aliphatic carbocycles. The molecular weight excluding hydrogens is 342 g/mol. The zero-order valence-corrected chi connectivity index (χ0v) is 16.7. The van der Waals surface area contributed by atoms with Gasteiger partial charge in [-0.15, -0.1) is 0 Å². The summed E-state index contributed by atoms with van der Waals surface area (Å²) in [5.74, 6) is 2.60. The lowest BCUT2D eigenvalue weighted by molar-refractivity contribution is 0.0310. The molecule has 2 aromatic rings. The van der Waals surface area contributed by atoms with E-state index in [0.29, 0.717) is 6.54 Å². The van der Waals surface area contributed by atoms with Gasteiger partial charge in [0.1, 0.15) is 11.5 Å². The first kappa shape index (κ1) is 20.8. The summed E-state index contributed by atoms with van der Waals surface area (Å²) in [6.07, 6.45) is 3.40. The lowest BCUT2D eigenvalue weighted by atomic mass is 10.1. The van der Waals surface area contributed by atoms with Crippen molar-refractivity contribution in [2.45, 2.75) is 32.3 Å². The van der Waals surface area contributed by atoms with E-state index in [1.165, 1.54) is 5.56 Å². The third-order valence-electron chi connectivity index (χ3n) is 4.28. The number of nitrogens with zero attached hydrogens (tertiary/aromatic N) is 1. The molecule has 2 N–H and O–H groups in total. The summed E-state index contributed by atoms with van der Waals surface area (Å²) in [6, 6.07) is 12.0. The smallest absolute Gasteiger partial charge is 0.191 e. The molecule has 0 aliphatic rings. The van der Waals surface area contributed by atoms with Crippen LogP contribution in [0.25, 0.3) is 0 Å². The van der Waals surface area contributed by atoms with E-state index in [0.717, 1.165) is 43.4 Å². The zero-order chi connectivity index (χ0) is 19.5. The monoisotopic (exact) mass is 373 g/mol. The number of hydrogen-bond donors (Lipinski definition) is 2. The molecule has 0 amide bonds. The normalized spacial score (nSPS) is 12.1. The fourth-order valence-corrected chi connectivity index (χ4v) is 2.38. The van der Waals surface area contributed by atoms with Crippen LogP contribution in [0.3, 0.4) is 0 Å². The van der Waals surface area contributed by atoms with E-state index in [1.807, 2.05) is 38.1 Å². The van der Waals surface area contributed by atoms with Crippen LogP contribution >= 0.6 is 0 Å². The standard InChI is InChI=1S/C21H31N3O3/c1-21(2,26-4)16-24-20(23-14-12-19-6-5-15-27-19)22-13-11-17-7-9-18(25-3)10-8-17/h5-10,15H,11-14,16H2,1-4H3,(H2,22,23,24). The maximum atomic E-state index is 5.46. The average molecular weight is 373 g/mol. The SMILES string of the molecule is COc1ccc(CCNC(=NCC(C)(C)OC)NCCc2ccco2)cc1. The molecule has 0 fully saturated rings. The predicted molar refractivity (Wildman–Crippen MR) is 109 cm³/mol. The summed E-state index contributed by atoms with van der Waals surface area (Å²) in [5, 5.41) is 6.76. The Bertz CT molecular complexity index is 679. The Morgan fingerprint density at radius 1 is 1.04 bits per heavy atom. The highest BCUT2D eigenvalue weighted by atomic mass is 16.5. The summed E-state index contributed by atoms with van der Waals surface area (Å²) in [5.41, 5.74) is 0.946. The molecule has 148 valence electrons. The first-order valence-corrected chi connectivity index (χ1v) is 9.25. The van der Waals surface area contributed by atoms with Gasteiger partial charge in [0.25, 0.3) is 0 Å². The second kappa shape index (κ2) is 10.6. The van der Waals surface area contributed by atoms with Crippen molar-refractivity contribution in [1.29, 1.82) is 0 Å². The molecule has 0 saturated carbocycles. The molecule has 2 rings (SSSR count). The summed E-state index contributed by atoms with van der Waals surface area (Å²) in [4.78, 5) is 4.66. The van der Waals surface area contributed by atoms with Crippen molar-refractivity contribution in [3.05, 3.63) is 54.0 Å². The lowest BCUT2D eigenvalue weighted by Crippen LogP contribution is -2.41. The summed E-state index contributed by atoms with van der Waals surface area (Å²) < 4.78 is 16.0. The Morgan fingerprint density at radius 2 is 1.74 bits per heavy atom. The van der Waals surface area contributed by atoms with Crippen LogP contribution in [0.2, 0.25) is 0 Å². The van der Waals surface area contributed by atoms with Gasteiger partial charge >= 0.3 is 0 Å². The molecule has 0 atom stereocenters. The van der Waals surface area contributed by atoms with Gasteiger partial charge in [0.15, 0.2) is 5.96 Å². The Kier molecular flexibility index (Phi) is 8.20. The Labute approximate surface area is 162 Å². The minimum atomic E-state index is -0.300. The third kappa shape index (κ3) is 7.74. The van der Waals surface area contributed by atoms with Crippen molar-refractivity contribution in [2.24, 2.45) is 4.99 Å². The van der Waals surface area contributed by atoms with Crippen molar-refractivity contribution in [1.82, 2.24) is 10.6 Å². The van der Waals surface area contributed by atoms with Crippen LogP contribution in [0.5, 0.6) is 5.75 Å². The van der Waals surface area contributed by atoms with Crippen LogP contribution in [0, 0.1) is 0 Å². The maximum Gasteiger partial charge on any atom is 0.191 e. The molecule has 0 aliphatic heterocycles. The van der Waals surface area contributed by atoms with Gasteiger partial charge in [0.2, 0.25) is 0 Å². The topological polar surface area (TPSA) is 68.0 Å². The molecule has 0 bridgehead atoms. The minimum Gasteiger partial charge on any atom is -0.497 e. The first-order valence-electron chi connectivity index (χ1n) is 9.25. The van der Waals surface area contributed by atoms with Gasteiger partial charge in [-0.3, -0.25) is 4.99 Å². The number of hydrogen-bond acceptors (Lipinski definition) is 4. The quantitative estimate of drug-likeness (QED) is 0.495. The van der Waals surface area contributed by atoms with Crippen LogP contribution in [-0.4, -0.2) is 45.4 Å². The molecular formula is C21H31N3O3. The summed E-state index contributed by atoms with van der Waals surface area (Å²) in [7, 11) is 3.38. The molecule has 0 radical (unpaired) electrons. The molecule has 6 heteroatoms. The van der Waals surface area contributed by atoms with Crippen LogP contribution in [0.15, 0.2) is 52.1 Å². The van der Waals surface area contributed by atoms with E-state index in [-0.39, 0.29) is 5.60 Å². The largest absolute Gasteiger partial charge is 0.497 e. The second-order valence-electron chi connectivity index (χ2n) is 6.91. The van der Waals surface area contributed by atoms with Gasteiger partial charge < -0.3 is 24.5 Å². The molecule has 1 aromatic heterocycles. The zero-order valence-electron chi connectivity index (χ0n) is 16.7. The van der Waals surface area contributed by atoms with E-state index >= 15 is 0 Å². The predicted octanol–water partition coefficient (Wildman–Crippen LogP) is 3.03. The molecule has 6 nitrogen and oxygen atoms in total. The van der Waals surface area contributed by atoms with E-state index < -0.39 is 0 Å². The Hall–Kier alpha value is -2.47. The van der Waals surface area contributed by atoms with Crippen LogP contribution in [0.4, 0.5) is 0 Å². The maximum absolute atomic E-state index is 5.46. The molecule has 0 spiro atoms. The van der Waals surface area contributed by atoms with Crippen LogP contribution < -0.4 is 15.4 Å². The van der Waals surface area contributed by atoms with E-state index in [1.54, 1.807) is 20.5 Å². The van der Waals surface area contributed by atoms with Crippen molar-refractivity contribution in [3.63, 3.8) is 0 Å². The highest BCUT2D eigenvalue weighted by Crippen LogP contribution is 2.11. The first-order chi connectivity index (χ1) is 13.0. The molecule has 27 heavy (non-hydrogen) atoms. The molecule has 0 saturated heterocycles. The van der Waals surface area contributed by atoms with Crippen molar-refractivity contribution in [3.8, 4) is 5.75 Å². The van der Waals surface area contributed by atoms with Gasteiger partial charge in [-0.1, -0.05) is 12.1 Å². The van der Waals surface area contributed by atoms with Crippen molar-refractivity contribution in [2.75, 3.05) is 33.9 Å². The number of ether oxygens (including phenoxy) is 2. The van der Waals surface area contributed by atoms with E-state index in [2.05, 4.69) is 27.8 Å². The minimum absolute atomic E-state index is 0.300. The van der Waals surface area contributed by atoms with Gasteiger partial charge in [-0.05, 0) is 50.1 Å². The van der Waals surface area contributed by atoms with Crippen molar-refractivity contribution < 1.29 is 13.9 Å². The Morgan fingerprint density at radius 3 is 2.33 bits per heavy atom. The van der Waals surface area contributed by atoms with Crippen LogP contribution in [0.1, 0.15) is 25.2 Å². The fraction of sp³-hybridized carbons (Fsp3) is 0.476. The van der Waals surface area contributed by atoms with Gasteiger partial charge in [0, 0.05) is 26.6 Å². The van der Waals surface area contributed by atoms with E-state index in [4.69, 9.17) is 13.9 Å². The number of methoxy groups -OCH3 is 2. The number of benzene rings is 1. The van der Waals surface area contributed by atoms with Gasteiger partial charge in [-0.25, -0.2) is 0 Å². The fourth-order valence-electron chi connectivity index (χ4n) is 2.38. The highest BCUT2D eigenvalue weighted by molar-refractivity contribution is 5.79. The lowest BCUT2D eigenvalue weighted by Gasteiger charge is -2.21. The Balaban J connectivity index is 1.86. The van der Waals surface area contributed by atoms with Gasteiger partial charge in [-0.2, -0.15) is 0 Å². The van der Waals surface area contributed by atoms with Crippen molar-refractivity contribution >= 4 is 5.96 Å². The number of furan rings is 1. The summed E-state index contributed by atoms with van der Waals surface area (Å²) in [6.45, 7) is 6.15. The van der Waals surface area contributed by atoms with Gasteiger partial charge in [0.05, 0.1) is 25.5 Å². The molecule has 0 unspecified atom stereocenters. The van der Waals surface area contributed by atoms with E-state index in [9.17, 15) is 0 Å².